The first kappa shape index (κ1) is 15.1. The lowest BCUT2D eigenvalue weighted by Gasteiger charge is -2.15. The largest absolute Gasteiger partial charge is 0.467 e. The third-order valence-electron chi connectivity index (χ3n) is 4.09. The number of aryl methyl sites for hydroxylation is 1. The molecule has 0 saturated heterocycles. The van der Waals surface area contributed by atoms with Gasteiger partial charge in [0.25, 0.3) is 0 Å². The van der Waals surface area contributed by atoms with E-state index < -0.39 is 0 Å². The first-order chi connectivity index (χ1) is 11.1. The summed E-state index contributed by atoms with van der Waals surface area (Å²) in [4.78, 5) is 11.9. The van der Waals surface area contributed by atoms with Crippen LogP contribution in [0, 0.1) is 6.92 Å². The Morgan fingerprint density at radius 3 is 2.48 bits per heavy atom. The number of aromatic nitrogens is 3. The minimum Gasteiger partial charge on any atom is -0.467 e. The average Bonchev–Trinajstić information content (AvgIpc) is 2.95. The summed E-state index contributed by atoms with van der Waals surface area (Å²) in [6.07, 6.45) is 0. The molecule has 3 aromatic rings. The van der Waals surface area contributed by atoms with Crippen molar-refractivity contribution in [2.24, 2.45) is 0 Å². The normalized spacial score (nSPS) is 12.1. The molecule has 1 unspecified atom stereocenters. The van der Waals surface area contributed by atoms with Crippen LogP contribution in [0.25, 0.3) is 11.1 Å². The summed E-state index contributed by atoms with van der Waals surface area (Å²) in [7, 11) is 1.50. The summed E-state index contributed by atoms with van der Waals surface area (Å²) in [5, 5.41) is 6.28. The van der Waals surface area contributed by atoms with Crippen LogP contribution in [0.2, 0.25) is 0 Å². The van der Waals surface area contributed by atoms with Gasteiger partial charge in [-0.05, 0) is 36.1 Å². The summed E-state index contributed by atoms with van der Waals surface area (Å²) in [5.41, 5.74) is 4.35. The van der Waals surface area contributed by atoms with E-state index in [2.05, 4.69) is 41.4 Å². The maximum absolute atomic E-state index is 11.9. The van der Waals surface area contributed by atoms with Crippen molar-refractivity contribution in [2.45, 2.75) is 19.9 Å². The molecule has 1 heterocycles. The molecule has 3 rings (SSSR count). The van der Waals surface area contributed by atoms with Crippen molar-refractivity contribution in [1.29, 1.82) is 0 Å². The van der Waals surface area contributed by atoms with E-state index in [4.69, 9.17) is 4.74 Å². The Hall–Kier alpha value is -2.82. The molecule has 2 aromatic carbocycles. The molecule has 0 radical (unpaired) electrons. The highest BCUT2D eigenvalue weighted by atomic mass is 16.5. The Morgan fingerprint density at radius 2 is 1.83 bits per heavy atom. The second kappa shape index (κ2) is 6.12. The third kappa shape index (κ3) is 2.77. The Labute approximate surface area is 134 Å². The summed E-state index contributed by atoms with van der Waals surface area (Å²) in [6.45, 7) is 4.05. The lowest BCUT2D eigenvalue weighted by molar-refractivity contribution is 0.347. The van der Waals surface area contributed by atoms with Crippen LogP contribution >= 0.6 is 0 Å². The van der Waals surface area contributed by atoms with E-state index in [0.717, 1.165) is 11.1 Å². The molecule has 1 atom stereocenters. The van der Waals surface area contributed by atoms with Crippen LogP contribution in [0.3, 0.4) is 0 Å². The molecule has 0 aliphatic carbocycles. The molecule has 0 fully saturated rings. The molecule has 0 aliphatic heterocycles. The highest BCUT2D eigenvalue weighted by molar-refractivity contribution is 5.67. The van der Waals surface area contributed by atoms with Crippen molar-refractivity contribution in [3.05, 3.63) is 70.1 Å². The van der Waals surface area contributed by atoms with Gasteiger partial charge in [-0.2, -0.15) is 0 Å². The number of H-pyrrole nitrogens is 1. The van der Waals surface area contributed by atoms with E-state index in [-0.39, 0.29) is 17.7 Å². The maximum atomic E-state index is 11.9. The SMILES string of the molecule is COc1n[nH]c(=O)n1C(C)c1ccc(-c2ccccc2C)cc1. The van der Waals surface area contributed by atoms with Gasteiger partial charge in [0.1, 0.15) is 0 Å². The lowest BCUT2D eigenvalue weighted by Crippen LogP contribution is -2.21. The van der Waals surface area contributed by atoms with Crippen LogP contribution in [0.4, 0.5) is 0 Å². The van der Waals surface area contributed by atoms with Gasteiger partial charge in [0.05, 0.1) is 13.2 Å². The second-order valence-electron chi connectivity index (χ2n) is 5.50. The number of nitrogens with zero attached hydrogens (tertiary/aromatic N) is 2. The highest BCUT2D eigenvalue weighted by Crippen LogP contribution is 2.26. The minimum atomic E-state index is -0.280. The summed E-state index contributed by atoms with van der Waals surface area (Å²) >= 11 is 0. The van der Waals surface area contributed by atoms with Gasteiger partial charge in [-0.15, -0.1) is 5.10 Å². The van der Waals surface area contributed by atoms with Gasteiger partial charge < -0.3 is 4.74 Å². The third-order valence-corrected chi connectivity index (χ3v) is 4.09. The Balaban J connectivity index is 1.95. The van der Waals surface area contributed by atoms with Crippen molar-refractivity contribution < 1.29 is 4.74 Å². The van der Waals surface area contributed by atoms with Crippen molar-refractivity contribution in [3.8, 4) is 17.1 Å². The van der Waals surface area contributed by atoms with Gasteiger partial charge in [0.15, 0.2) is 0 Å². The number of hydrogen-bond donors (Lipinski definition) is 1. The first-order valence-corrected chi connectivity index (χ1v) is 7.48. The lowest BCUT2D eigenvalue weighted by atomic mass is 9.98. The van der Waals surface area contributed by atoms with E-state index in [9.17, 15) is 4.79 Å². The quantitative estimate of drug-likeness (QED) is 0.805. The number of rotatable bonds is 4. The molecule has 0 saturated carbocycles. The molecule has 0 spiro atoms. The van der Waals surface area contributed by atoms with E-state index in [1.165, 1.54) is 22.8 Å². The van der Waals surface area contributed by atoms with E-state index in [1.54, 1.807) is 0 Å². The van der Waals surface area contributed by atoms with Crippen molar-refractivity contribution in [2.75, 3.05) is 7.11 Å². The summed E-state index contributed by atoms with van der Waals surface area (Å²) < 4.78 is 6.64. The molecule has 23 heavy (non-hydrogen) atoms. The van der Waals surface area contributed by atoms with Gasteiger partial charge in [0, 0.05) is 0 Å². The van der Waals surface area contributed by atoms with Crippen molar-refractivity contribution in [3.63, 3.8) is 0 Å². The number of methoxy groups -OCH3 is 1. The first-order valence-electron chi connectivity index (χ1n) is 7.48. The topological polar surface area (TPSA) is 59.9 Å². The molecule has 5 heteroatoms. The number of aromatic amines is 1. The van der Waals surface area contributed by atoms with Gasteiger partial charge in [0.2, 0.25) is 0 Å². The van der Waals surface area contributed by atoms with E-state index >= 15 is 0 Å². The van der Waals surface area contributed by atoms with Crippen LogP contribution in [-0.4, -0.2) is 21.9 Å². The number of hydrogen-bond acceptors (Lipinski definition) is 3. The molecular weight excluding hydrogens is 290 g/mol. The van der Waals surface area contributed by atoms with E-state index in [0.29, 0.717) is 0 Å². The highest BCUT2D eigenvalue weighted by Gasteiger charge is 2.17. The predicted molar refractivity (Wildman–Crippen MR) is 89.8 cm³/mol. The fourth-order valence-electron chi connectivity index (χ4n) is 2.76. The van der Waals surface area contributed by atoms with Crippen LogP contribution in [0.1, 0.15) is 24.1 Å². The summed E-state index contributed by atoms with van der Waals surface area (Å²) in [6, 6.07) is 16.6. The smallest absolute Gasteiger partial charge is 0.346 e. The van der Waals surface area contributed by atoms with Crippen LogP contribution in [0.15, 0.2) is 53.3 Å². The molecule has 0 aliphatic rings. The zero-order valence-corrected chi connectivity index (χ0v) is 13.4. The zero-order chi connectivity index (χ0) is 16.4. The molecule has 0 amide bonds. The van der Waals surface area contributed by atoms with Gasteiger partial charge in [-0.25, -0.2) is 14.5 Å². The fraction of sp³-hybridized carbons (Fsp3) is 0.222. The zero-order valence-electron chi connectivity index (χ0n) is 13.4. The fourth-order valence-corrected chi connectivity index (χ4v) is 2.76. The average molecular weight is 309 g/mol. The Kier molecular flexibility index (Phi) is 4.02. The van der Waals surface area contributed by atoms with E-state index in [1.807, 2.05) is 31.2 Å². The number of nitrogens with one attached hydrogen (secondary N) is 1. The Morgan fingerprint density at radius 1 is 1.13 bits per heavy atom. The molecule has 5 nitrogen and oxygen atoms in total. The Bertz CT molecular complexity index is 862. The van der Waals surface area contributed by atoms with Gasteiger partial charge in [-0.1, -0.05) is 48.5 Å². The monoisotopic (exact) mass is 309 g/mol. The van der Waals surface area contributed by atoms with Crippen LogP contribution < -0.4 is 10.4 Å². The molecule has 118 valence electrons. The molecule has 0 bridgehead atoms. The minimum absolute atomic E-state index is 0.165. The van der Waals surface area contributed by atoms with Crippen molar-refractivity contribution >= 4 is 0 Å². The molecule has 1 aromatic heterocycles. The van der Waals surface area contributed by atoms with Gasteiger partial charge in [-0.3, -0.25) is 0 Å². The van der Waals surface area contributed by atoms with Crippen LogP contribution in [0.5, 0.6) is 6.01 Å². The number of ether oxygens (including phenoxy) is 1. The molecule has 1 N–H and O–H groups in total. The number of benzene rings is 2. The second-order valence-corrected chi connectivity index (χ2v) is 5.50. The van der Waals surface area contributed by atoms with Gasteiger partial charge >= 0.3 is 11.7 Å². The maximum Gasteiger partial charge on any atom is 0.346 e. The molecular formula is C18H19N3O2. The van der Waals surface area contributed by atoms with Crippen molar-refractivity contribution in [1.82, 2.24) is 14.8 Å². The predicted octanol–water partition coefficient (Wildman–Crippen LogP) is 3.16. The van der Waals surface area contributed by atoms with Crippen LogP contribution in [-0.2, 0) is 0 Å². The standard InChI is InChI=1S/C18H19N3O2/c1-12-6-4-5-7-16(12)15-10-8-14(9-11-15)13(2)21-17(22)19-20-18(21)23-3/h4-11,13H,1-3H3,(H,19,22). The summed E-state index contributed by atoms with van der Waals surface area (Å²) in [5.74, 6) is 0.